The summed E-state index contributed by atoms with van der Waals surface area (Å²) in [4.78, 5) is 42.3. The van der Waals surface area contributed by atoms with Crippen molar-refractivity contribution >= 4 is 28.3 Å². The molecule has 0 amide bonds. The van der Waals surface area contributed by atoms with Crippen LogP contribution in [0.3, 0.4) is 0 Å². The summed E-state index contributed by atoms with van der Waals surface area (Å²) >= 11 is 0. The summed E-state index contributed by atoms with van der Waals surface area (Å²) in [6.45, 7) is 1.89. The van der Waals surface area contributed by atoms with Crippen LogP contribution in [0.2, 0.25) is 0 Å². The van der Waals surface area contributed by atoms with E-state index in [1.807, 2.05) is 42.5 Å². The zero-order valence-electron chi connectivity index (χ0n) is 16.2. The molecule has 30 heavy (non-hydrogen) atoms. The molecule has 3 aromatic carbocycles. The number of ketones is 2. The third-order valence-corrected chi connectivity index (χ3v) is 5.41. The Kier molecular flexibility index (Phi) is 4.10. The lowest BCUT2D eigenvalue weighted by Crippen LogP contribution is -2.20. The number of carbonyl (C=O) groups is 3. The fourth-order valence-corrected chi connectivity index (χ4v) is 4.11. The minimum atomic E-state index is -0.598. The quantitative estimate of drug-likeness (QED) is 0.446. The van der Waals surface area contributed by atoms with Crippen LogP contribution < -0.4 is 0 Å². The second kappa shape index (κ2) is 6.81. The van der Waals surface area contributed by atoms with Crippen LogP contribution in [0.15, 0.2) is 66.7 Å². The fraction of sp³-hybridized carbons (Fsp3) is 0.0800. The highest BCUT2D eigenvalue weighted by molar-refractivity contribution is 6.31. The monoisotopic (exact) mass is 395 g/mol. The predicted molar refractivity (Wildman–Crippen MR) is 113 cm³/mol. The molecule has 146 valence electrons. The molecule has 4 aromatic rings. The van der Waals surface area contributed by atoms with Gasteiger partial charge in [-0.3, -0.25) is 9.59 Å². The molecule has 0 unspecified atom stereocenters. The second-order valence-corrected chi connectivity index (χ2v) is 7.08. The van der Waals surface area contributed by atoms with Crippen molar-refractivity contribution in [1.82, 2.24) is 4.98 Å². The molecule has 1 N–H and O–H groups in total. The first-order valence-electron chi connectivity index (χ1n) is 9.71. The maximum absolute atomic E-state index is 13.5. The van der Waals surface area contributed by atoms with Crippen molar-refractivity contribution in [2.24, 2.45) is 0 Å². The van der Waals surface area contributed by atoms with Crippen LogP contribution in [0.25, 0.3) is 21.9 Å². The third kappa shape index (κ3) is 2.52. The highest BCUT2D eigenvalue weighted by atomic mass is 16.5. The normalized spacial score (nSPS) is 12.6. The molecule has 0 saturated heterocycles. The van der Waals surface area contributed by atoms with Gasteiger partial charge in [0.2, 0.25) is 5.78 Å². The molecule has 5 nitrogen and oxygen atoms in total. The topological polar surface area (TPSA) is 76.2 Å². The Bertz CT molecular complexity index is 1360. The molecule has 0 saturated carbocycles. The van der Waals surface area contributed by atoms with E-state index in [1.165, 1.54) is 0 Å². The van der Waals surface area contributed by atoms with Crippen molar-refractivity contribution in [2.45, 2.75) is 6.92 Å². The van der Waals surface area contributed by atoms with Gasteiger partial charge < -0.3 is 9.72 Å². The van der Waals surface area contributed by atoms with Gasteiger partial charge in [0.15, 0.2) is 5.78 Å². The number of esters is 1. The lowest BCUT2D eigenvalue weighted by molar-refractivity contribution is 0.0521. The first kappa shape index (κ1) is 18.1. The van der Waals surface area contributed by atoms with Crippen molar-refractivity contribution in [3.8, 4) is 11.1 Å². The van der Waals surface area contributed by atoms with Crippen LogP contribution >= 0.6 is 0 Å². The van der Waals surface area contributed by atoms with Gasteiger partial charge in [-0.1, -0.05) is 66.7 Å². The summed E-state index contributed by atoms with van der Waals surface area (Å²) in [6.07, 6.45) is 0. The molecular formula is C25H17NO4. The fourth-order valence-electron chi connectivity index (χ4n) is 4.11. The van der Waals surface area contributed by atoms with Crippen LogP contribution in [-0.4, -0.2) is 29.1 Å². The Hall–Kier alpha value is -3.99. The molecule has 5 rings (SSSR count). The molecule has 0 atom stereocenters. The number of hydrogen-bond donors (Lipinski definition) is 1. The second-order valence-electron chi connectivity index (χ2n) is 7.08. The van der Waals surface area contributed by atoms with Gasteiger partial charge in [-0.05, 0) is 23.3 Å². The van der Waals surface area contributed by atoms with Gasteiger partial charge in [-0.25, -0.2) is 4.79 Å². The van der Waals surface area contributed by atoms with E-state index in [0.717, 1.165) is 10.8 Å². The zero-order valence-corrected chi connectivity index (χ0v) is 16.2. The van der Waals surface area contributed by atoms with Gasteiger partial charge in [-0.2, -0.15) is 0 Å². The van der Waals surface area contributed by atoms with Gasteiger partial charge in [0, 0.05) is 16.7 Å². The summed E-state index contributed by atoms with van der Waals surface area (Å²) in [5, 5.41) is 1.85. The van der Waals surface area contributed by atoms with Crippen LogP contribution in [0.1, 0.15) is 49.4 Å². The SMILES string of the molecule is CCOC(=O)c1[nH]c2c(c1-c1cccc3ccccc13)C(=O)c1ccccc1C2=O. The number of H-pyrrole nitrogens is 1. The molecule has 0 aliphatic heterocycles. The highest BCUT2D eigenvalue weighted by Crippen LogP contribution is 2.40. The Morgan fingerprint density at radius 2 is 1.43 bits per heavy atom. The summed E-state index contributed by atoms with van der Waals surface area (Å²) in [5.41, 5.74) is 2.25. The average Bonchev–Trinajstić information content (AvgIpc) is 3.18. The molecule has 0 spiro atoms. The van der Waals surface area contributed by atoms with Gasteiger partial charge in [0.05, 0.1) is 17.9 Å². The molecule has 1 heterocycles. The van der Waals surface area contributed by atoms with Crippen LogP contribution in [-0.2, 0) is 4.74 Å². The molecule has 1 aromatic heterocycles. The van der Waals surface area contributed by atoms with Gasteiger partial charge in [0.25, 0.3) is 0 Å². The van der Waals surface area contributed by atoms with Crippen molar-refractivity contribution in [2.75, 3.05) is 6.61 Å². The molecule has 1 aliphatic carbocycles. The van der Waals surface area contributed by atoms with E-state index in [2.05, 4.69) is 4.98 Å². The van der Waals surface area contributed by atoms with Crippen molar-refractivity contribution in [1.29, 1.82) is 0 Å². The first-order valence-corrected chi connectivity index (χ1v) is 9.71. The number of ether oxygens (including phenoxy) is 1. The Morgan fingerprint density at radius 3 is 2.20 bits per heavy atom. The predicted octanol–water partition coefficient (Wildman–Crippen LogP) is 4.79. The van der Waals surface area contributed by atoms with Gasteiger partial charge in [-0.15, -0.1) is 0 Å². The van der Waals surface area contributed by atoms with Crippen molar-refractivity contribution < 1.29 is 19.1 Å². The summed E-state index contributed by atoms with van der Waals surface area (Å²) in [7, 11) is 0. The van der Waals surface area contributed by atoms with Crippen LogP contribution in [0.5, 0.6) is 0 Å². The maximum Gasteiger partial charge on any atom is 0.355 e. The number of aromatic amines is 1. The van der Waals surface area contributed by atoms with E-state index < -0.39 is 5.97 Å². The van der Waals surface area contributed by atoms with E-state index >= 15 is 0 Å². The third-order valence-electron chi connectivity index (χ3n) is 5.41. The molecule has 0 bridgehead atoms. The average molecular weight is 395 g/mol. The summed E-state index contributed by atoms with van der Waals surface area (Å²) < 4.78 is 5.23. The Balaban J connectivity index is 1.87. The standard InChI is InChI=1S/C25H17NO4/c1-2-30-25(29)22-19(16-13-7-9-14-8-3-4-10-15(14)16)20-21(26-22)24(28)18-12-6-5-11-17(18)23(20)27/h3-13,26H,2H2,1H3. The number of rotatable bonds is 3. The van der Waals surface area contributed by atoms with Gasteiger partial charge >= 0.3 is 5.97 Å². The van der Waals surface area contributed by atoms with Crippen LogP contribution in [0, 0.1) is 0 Å². The molecule has 0 fully saturated rings. The lowest BCUT2D eigenvalue weighted by Gasteiger charge is -2.16. The minimum absolute atomic E-state index is 0.118. The number of aromatic nitrogens is 1. The van der Waals surface area contributed by atoms with E-state index in [9.17, 15) is 14.4 Å². The highest BCUT2D eigenvalue weighted by Gasteiger charge is 2.37. The number of nitrogens with one attached hydrogen (secondary N) is 1. The van der Waals surface area contributed by atoms with E-state index in [4.69, 9.17) is 4.74 Å². The molecular weight excluding hydrogens is 378 g/mol. The number of hydrogen-bond acceptors (Lipinski definition) is 4. The number of benzene rings is 3. The van der Waals surface area contributed by atoms with Gasteiger partial charge in [0.1, 0.15) is 5.69 Å². The first-order chi connectivity index (χ1) is 14.6. The summed E-state index contributed by atoms with van der Waals surface area (Å²) in [5.74, 6) is -1.19. The van der Waals surface area contributed by atoms with Crippen LogP contribution in [0.4, 0.5) is 0 Å². The number of carbonyl (C=O) groups excluding carboxylic acids is 3. The Morgan fingerprint density at radius 1 is 0.800 bits per heavy atom. The molecule has 0 radical (unpaired) electrons. The molecule has 5 heteroatoms. The summed E-state index contributed by atoms with van der Waals surface area (Å²) in [6, 6.07) is 20.1. The largest absolute Gasteiger partial charge is 0.461 e. The zero-order chi connectivity index (χ0) is 20.8. The smallest absolute Gasteiger partial charge is 0.355 e. The van der Waals surface area contributed by atoms with Crippen molar-refractivity contribution in [3.05, 3.63) is 94.8 Å². The maximum atomic E-state index is 13.5. The minimum Gasteiger partial charge on any atom is -0.461 e. The lowest BCUT2D eigenvalue weighted by atomic mass is 9.84. The van der Waals surface area contributed by atoms with Crippen molar-refractivity contribution in [3.63, 3.8) is 0 Å². The van der Waals surface area contributed by atoms with E-state index in [0.29, 0.717) is 22.3 Å². The van der Waals surface area contributed by atoms with E-state index in [-0.39, 0.29) is 35.1 Å². The van der Waals surface area contributed by atoms with E-state index in [1.54, 1.807) is 31.2 Å². The molecule has 1 aliphatic rings. The number of fused-ring (bicyclic) bond motifs is 3. The Labute approximate surface area is 172 Å².